The zero-order valence-corrected chi connectivity index (χ0v) is 14.5. The minimum absolute atomic E-state index is 0.0736. The van der Waals surface area contributed by atoms with Crippen molar-refractivity contribution >= 4 is 34.0 Å². The second-order valence-corrected chi connectivity index (χ2v) is 6.27. The molecule has 0 bridgehead atoms. The van der Waals surface area contributed by atoms with E-state index in [1.54, 1.807) is 48.5 Å². The Morgan fingerprint density at radius 1 is 0.923 bits per heavy atom. The van der Waals surface area contributed by atoms with Crippen molar-refractivity contribution in [3.63, 3.8) is 0 Å². The van der Waals surface area contributed by atoms with Gasteiger partial charge in [-0.3, -0.25) is 14.4 Å². The van der Waals surface area contributed by atoms with Gasteiger partial charge in [0.15, 0.2) is 0 Å². The fourth-order valence-corrected chi connectivity index (χ4v) is 2.46. The third kappa shape index (κ3) is 3.80. The number of fused-ring (bicyclic) bond motifs is 1. The second-order valence-electron chi connectivity index (χ2n) is 6.27. The van der Waals surface area contributed by atoms with Crippen LogP contribution in [0, 0.1) is 5.92 Å². The summed E-state index contributed by atoms with van der Waals surface area (Å²) in [5, 5.41) is 6.75. The molecule has 1 heterocycles. The lowest BCUT2D eigenvalue weighted by molar-refractivity contribution is -0.118. The van der Waals surface area contributed by atoms with E-state index in [0.717, 1.165) is 0 Å². The second kappa shape index (κ2) is 7.23. The minimum Gasteiger partial charge on any atom is -0.326 e. The average Bonchev–Trinajstić information content (AvgIpc) is 2.63. The summed E-state index contributed by atoms with van der Waals surface area (Å²) < 4.78 is 0. The highest BCUT2D eigenvalue weighted by atomic mass is 16.2. The molecule has 6 nitrogen and oxygen atoms in total. The van der Waals surface area contributed by atoms with Gasteiger partial charge in [0.25, 0.3) is 11.5 Å². The van der Waals surface area contributed by atoms with Crippen molar-refractivity contribution in [2.24, 2.45) is 5.92 Å². The van der Waals surface area contributed by atoms with Crippen LogP contribution in [0.4, 0.5) is 11.4 Å². The first-order chi connectivity index (χ1) is 12.4. The van der Waals surface area contributed by atoms with Gasteiger partial charge in [0.05, 0.1) is 0 Å². The predicted octanol–water partition coefficient (Wildman–Crippen LogP) is 3.37. The van der Waals surface area contributed by atoms with Gasteiger partial charge in [0, 0.05) is 22.7 Å². The molecule has 26 heavy (non-hydrogen) atoms. The molecule has 3 N–H and O–H groups in total. The van der Waals surface area contributed by atoms with Gasteiger partial charge < -0.3 is 15.6 Å². The Kier molecular flexibility index (Phi) is 4.84. The number of aromatic amines is 1. The van der Waals surface area contributed by atoms with E-state index in [1.165, 1.54) is 0 Å². The number of pyridine rings is 1. The van der Waals surface area contributed by atoms with E-state index >= 15 is 0 Å². The largest absolute Gasteiger partial charge is 0.326 e. The lowest BCUT2D eigenvalue weighted by Crippen LogP contribution is -2.19. The summed E-state index contributed by atoms with van der Waals surface area (Å²) in [7, 11) is 0. The van der Waals surface area contributed by atoms with Gasteiger partial charge in [-0.15, -0.1) is 0 Å². The summed E-state index contributed by atoms with van der Waals surface area (Å²) >= 11 is 0. The van der Waals surface area contributed by atoms with Crippen molar-refractivity contribution in [3.8, 4) is 0 Å². The zero-order valence-electron chi connectivity index (χ0n) is 14.5. The van der Waals surface area contributed by atoms with E-state index in [-0.39, 0.29) is 23.1 Å². The predicted molar refractivity (Wildman–Crippen MR) is 102 cm³/mol. The molecule has 0 spiro atoms. The highest BCUT2D eigenvalue weighted by Crippen LogP contribution is 2.16. The highest BCUT2D eigenvalue weighted by Gasteiger charge is 2.11. The molecule has 0 saturated heterocycles. The molecule has 1 aromatic heterocycles. The molecular formula is C20H19N3O3. The Balaban J connectivity index is 1.76. The summed E-state index contributed by atoms with van der Waals surface area (Å²) in [6, 6.07) is 15.5. The van der Waals surface area contributed by atoms with Crippen molar-refractivity contribution in [2.45, 2.75) is 13.8 Å². The molecule has 0 atom stereocenters. The van der Waals surface area contributed by atoms with Crippen molar-refractivity contribution in [1.29, 1.82) is 0 Å². The molecule has 3 aromatic rings. The number of carbonyl (C=O) groups excluding carboxylic acids is 2. The van der Waals surface area contributed by atoms with Crippen LogP contribution in [0.2, 0.25) is 0 Å². The molecule has 132 valence electrons. The SMILES string of the molecule is CC(C)C(=O)Nc1ccc(NC(=O)c2cc3ccccc3c(=O)[nH]2)cc1. The first-order valence-corrected chi connectivity index (χ1v) is 8.28. The number of carbonyl (C=O) groups is 2. The minimum atomic E-state index is -0.410. The van der Waals surface area contributed by atoms with E-state index in [4.69, 9.17) is 0 Å². The molecule has 6 heteroatoms. The third-order valence-electron chi connectivity index (χ3n) is 3.93. The van der Waals surface area contributed by atoms with Crippen molar-refractivity contribution in [3.05, 3.63) is 70.6 Å². The van der Waals surface area contributed by atoms with E-state index in [1.807, 2.05) is 19.9 Å². The van der Waals surface area contributed by atoms with Crippen LogP contribution in [0.3, 0.4) is 0 Å². The maximum absolute atomic E-state index is 12.4. The Morgan fingerprint density at radius 2 is 1.54 bits per heavy atom. The lowest BCUT2D eigenvalue weighted by Gasteiger charge is -2.09. The van der Waals surface area contributed by atoms with Gasteiger partial charge in [-0.1, -0.05) is 32.0 Å². The van der Waals surface area contributed by atoms with Crippen LogP contribution in [0.25, 0.3) is 10.8 Å². The summed E-state index contributed by atoms with van der Waals surface area (Å²) in [6.07, 6.45) is 0. The van der Waals surface area contributed by atoms with E-state index < -0.39 is 5.91 Å². The third-order valence-corrected chi connectivity index (χ3v) is 3.93. The van der Waals surface area contributed by atoms with E-state index in [9.17, 15) is 14.4 Å². The number of hydrogen-bond donors (Lipinski definition) is 3. The summed E-state index contributed by atoms with van der Waals surface area (Å²) in [4.78, 5) is 38.8. The standard InChI is InChI=1S/C20H19N3O3/c1-12(2)18(24)21-14-7-9-15(10-8-14)22-20(26)17-11-13-5-3-4-6-16(13)19(25)23-17/h3-12H,1-2H3,(H,21,24)(H,22,26)(H,23,25). The van der Waals surface area contributed by atoms with Crippen LogP contribution in [0.5, 0.6) is 0 Å². The maximum atomic E-state index is 12.4. The molecule has 0 aliphatic carbocycles. The molecule has 2 aromatic carbocycles. The number of amides is 2. The molecule has 0 radical (unpaired) electrons. The van der Waals surface area contributed by atoms with Crippen molar-refractivity contribution < 1.29 is 9.59 Å². The fourth-order valence-electron chi connectivity index (χ4n) is 2.46. The zero-order chi connectivity index (χ0) is 18.7. The topological polar surface area (TPSA) is 91.1 Å². The number of benzene rings is 2. The van der Waals surface area contributed by atoms with Gasteiger partial charge in [-0.2, -0.15) is 0 Å². The molecule has 3 rings (SSSR count). The normalized spacial score (nSPS) is 10.7. The summed E-state index contributed by atoms with van der Waals surface area (Å²) in [5.41, 5.74) is 1.10. The number of nitrogens with one attached hydrogen (secondary N) is 3. The monoisotopic (exact) mass is 349 g/mol. The Morgan fingerprint density at radius 3 is 2.19 bits per heavy atom. The van der Waals surface area contributed by atoms with E-state index in [2.05, 4.69) is 15.6 Å². The van der Waals surface area contributed by atoms with Crippen LogP contribution < -0.4 is 16.2 Å². The quantitative estimate of drug-likeness (QED) is 0.674. The van der Waals surface area contributed by atoms with Crippen LogP contribution in [-0.4, -0.2) is 16.8 Å². The summed E-state index contributed by atoms with van der Waals surface area (Å²) in [6.45, 7) is 3.63. The molecule has 0 aliphatic heterocycles. The number of rotatable bonds is 4. The number of H-pyrrole nitrogens is 1. The first-order valence-electron chi connectivity index (χ1n) is 8.28. The molecule has 0 aliphatic rings. The van der Waals surface area contributed by atoms with Gasteiger partial charge in [-0.25, -0.2) is 0 Å². The maximum Gasteiger partial charge on any atom is 0.272 e. The van der Waals surface area contributed by atoms with Crippen LogP contribution in [0.1, 0.15) is 24.3 Å². The first kappa shape index (κ1) is 17.4. The average molecular weight is 349 g/mol. The number of anilines is 2. The smallest absolute Gasteiger partial charge is 0.272 e. The lowest BCUT2D eigenvalue weighted by atomic mass is 10.1. The van der Waals surface area contributed by atoms with Gasteiger partial charge in [-0.05, 0) is 41.8 Å². The van der Waals surface area contributed by atoms with Crippen LogP contribution >= 0.6 is 0 Å². The fraction of sp³-hybridized carbons (Fsp3) is 0.150. The van der Waals surface area contributed by atoms with Crippen molar-refractivity contribution in [1.82, 2.24) is 4.98 Å². The van der Waals surface area contributed by atoms with Gasteiger partial charge >= 0.3 is 0 Å². The highest BCUT2D eigenvalue weighted by molar-refractivity contribution is 6.04. The Labute approximate surface area is 150 Å². The molecule has 0 saturated carbocycles. The number of hydrogen-bond acceptors (Lipinski definition) is 3. The summed E-state index contributed by atoms with van der Waals surface area (Å²) in [5.74, 6) is -0.596. The molecule has 2 amide bonds. The van der Waals surface area contributed by atoms with Crippen molar-refractivity contribution in [2.75, 3.05) is 10.6 Å². The van der Waals surface area contributed by atoms with E-state index in [0.29, 0.717) is 22.1 Å². The Hall–Kier alpha value is -3.41. The van der Waals surface area contributed by atoms with Gasteiger partial charge in [0.1, 0.15) is 5.69 Å². The van der Waals surface area contributed by atoms with Crippen LogP contribution in [0.15, 0.2) is 59.4 Å². The van der Waals surface area contributed by atoms with Gasteiger partial charge in [0.2, 0.25) is 5.91 Å². The molecular weight excluding hydrogens is 330 g/mol. The molecule has 0 fully saturated rings. The Bertz CT molecular complexity index is 1020. The number of aromatic nitrogens is 1. The molecule has 0 unspecified atom stereocenters. The van der Waals surface area contributed by atoms with Crippen LogP contribution in [-0.2, 0) is 4.79 Å².